The molecule has 1 aliphatic carbocycles. The predicted molar refractivity (Wildman–Crippen MR) is 163 cm³/mol. The Morgan fingerprint density at radius 1 is 0.974 bits per heavy atom. The quantitative estimate of drug-likeness (QED) is 0.276. The number of H-pyrrole nitrogens is 1. The predicted octanol–water partition coefficient (Wildman–Crippen LogP) is 9.42. The third kappa shape index (κ3) is 10.6. The number of hydrogen-bond acceptors (Lipinski definition) is 3. The molecule has 0 radical (unpaired) electrons. The molecule has 1 fully saturated rings. The summed E-state index contributed by atoms with van der Waals surface area (Å²) in [5.74, 6) is 1.65. The normalized spacial score (nSPS) is 14.2. The first kappa shape index (κ1) is 31.5. The first-order chi connectivity index (χ1) is 18.4. The van der Waals surface area contributed by atoms with Gasteiger partial charge in [0.15, 0.2) is 5.65 Å². The van der Waals surface area contributed by atoms with Crippen molar-refractivity contribution < 1.29 is 4.79 Å². The maximum Gasteiger partial charge on any atom is 0.253 e. The Kier molecular flexibility index (Phi) is 14.7. The fraction of sp³-hybridized carbons (Fsp3) is 0.606. The fourth-order valence-electron chi connectivity index (χ4n) is 4.41. The van der Waals surface area contributed by atoms with Crippen LogP contribution in [0.4, 0.5) is 0 Å². The van der Waals surface area contributed by atoms with Crippen molar-refractivity contribution >= 4 is 17.1 Å². The fourth-order valence-corrected chi connectivity index (χ4v) is 4.41. The van der Waals surface area contributed by atoms with Gasteiger partial charge in [-0.2, -0.15) is 0 Å². The number of amides is 1. The summed E-state index contributed by atoms with van der Waals surface area (Å²) in [6.07, 6.45) is 17.1. The summed E-state index contributed by atoms with van der Waals surface area (Å²) < 4.78 is 0. The van der Waals surface area contributed by atoms with Gasteiger partial charge in [0.2, 0.25) is 0 Å². The van der Waals surface area contributed by atoms with Gasteiger partial charge >= 0.3 is 0 Å². The molecule has 3 aromatic rings. The van der Waals surface area contributed by atoms with Gasteiger partial charge in [-0.3, -0.25) is 4.79 Å². The topological polar surface area (TPSA) is 70.7 Å². The van der Waals surface area contributed by atoms with E-state index in [1.807, 2.05) is 24.3 Å². The molecule has 0 aliphatic heterocycles. The van der Waals surface area contributed by atoms with Crippen LogP contribution in [-0.2, 0) is 0 Å². The summed E-state index contributed by atoms with van der Waals surface area (Å²) in [6, 6.07) is 10.2. The number of aryl methyl sites for hydroxylation is 1. The minimum Gasteiger partial charge on any atom is -0.349 e. The molecular weight excluding hydrogens is 468 g/mol. The minimum absolute atomic E-state index is 0.0431. The smallest absolute Gasteiger partial charge is 0.253 e. The number of fused-ring (bicyclic) bond motifs is 1. The number of nitrogens with zero attached hydrogens (tertiary/aromatic N) is 2. The standard InChI is InChI=1S/C20H22N4O.C9H20.C4H10/c1-13-7-9-14(10-8-13)18-23-17-16(11-12-21-19(17)24-18)20(25)22-15-5-3-2-4-6-15;1-4-6-7-8-9(3)5-2;1-3-4-2/h7-12,15H,2-6H2,1H3,(H,22,25)(H,21,23,24);9H,4-8H2,1-3H3;3-4H2,1-2H3/t;9-;/m.1./s1. The number of nitrogens with one attached hydrogen (secondary N) is 2. The molecule has 1 atom stereocenters. The number of pyridine rings is 1. The highest BCUT2D eigenvalue weighted by molar-refractivity contribution is 6.04. The largest absolute Gasteiger partial charge is 0.349 e. The Morgan fingerprint density at radius 2 is 1.66 bits per heavy atom. The van der Waals surface area contributed by atoms with Gasteiger partial charge in [0, 0.05) is 17.8 Å². The van der Waals surface area contributed by atoms with Crippen LogP contribution in [0.25, 0.3) is 22.6 Å². The van der Waals surface area contributed by atoms with E-state index in [0.29, 0.717) is 16.7 Å². The second kappa shape index (κ2) is 17.8. The van der Waals surface area contributed by atoms with Crippen LogP contribution in [0, 0.1) is 12.8 Å². The van der Waals surface area contributed by atoms with Crippen LogP contribution in [0.5, 0.6) is 0 Å². The van der Waals surface area contributed by atoms with E-state index in [2.05, 4.69) is 61.8 Å². The highest BCUT2D eigenvalue weighted by Gasteiger charge is 2.20. The summed E-state index contributed by atoms with van der Waals surface area (Å²) in [6.45, 7) is 13.3. The Labute approximate surface area is 231 Å². The van der Waals surface area contributed by atoms with Crippen LogP contribution >= 0.6 is 0 Å². The number of hydrogen-bond donors (Lipinski definition) is 2. The molecule has 1 aromatic carbocycles. The molecule has 210 valence electrons. The van der Waals surface area contributed by atoms with Gasteiger partial charge in [-0.1, -0.05) is 129 Å². The van der Waals surface area contributed by atoms with Gasteiger partial charge in [0.25, 0.3) is 5.91 Å². The van der Waals surface area contributed by atoms with Crippen molar-refractivity contribution in [2.45, 2.75) is 125 Å². The number of rotatable bonds is 9. The highest BCUT2D eigenvalue weighted by atomic mass is 16.1. The van der Waals surface area contributed by atoms with Crippen molar-refractivity contribution in [2.75, 3.05) is 0 Å². The van der Waals surface area contributed by atoms with E-state index in [4.69, 9.17) is 0 Å². The third-order valence-corrected chi connectivity index (χ3v) is 7.40. The van der Waals surface area contributed by atoms with E-state index >= 15 is 0 Å². The summed E-state index contributed by atoms with van der Waals surface area (Å²) in [5.41, 5.74) is 4.08. The average molecular weight is 521 g/mol. The van der Waals surface area contributed by atoms with Gasteiger partial charge in [0.1, 0.15) is 5.82 Å². The Hall–Kier alpha value is -2.69. The van der Waals surface area contributed by atoms with Crippen molar-refractivity contribution in [1.82, 2.24) is 20.3 Å². The maximum atomic E-state index is 12.7. The first-order valence-corrected chi connectivity index (χ1v) is 15.2. The number of benzene rings is 1. The molecule has 5 nitrogen and oxygen atoms in total. The van der Waals surface area contributed by atoms with Crippen LogP contribution in [0.15, 0.2) is 36.5 Å². The van der Waals surface area contributed by atoms with Gasteiger partial charge in [0.05, 0.1) is 11.1 Å². The lowest BCUT2D eigenvalue weighted by Gasteiger charge is -2.22. The van der Waals surface area contributed by atoms with Crippen LogP contribution in [0.2, 0.25) is 0 Å². The molecule has 1 saturated carbocycles. The molecule has 2 aromatic heterocycles. The summed E-state index contributed by atoms with van der Waals surface area (Å²) in [5, 5.41) is 3.17. The van der Waals surface area contributed by atoms with Crippen molar-refractivity contribution in [2.24, 2.45) is 5.92 Å². The second-order valence-corrected chi connectivity index (χ2v) is 10.8. The SMILES string of the molecule is CCCC.CCCCC[C@H](C)CC.Cc1ccc(-c2nc3nccc(C(=O)NC4CCCCC4)c3[nH]2)cc1. The summed E-state index contributed by atoms with van der Waals surface area (Å²) in [4.78, 5) is 24.9. The molecule has 1 amide bonds. The van der Waals surface area contributed by atoms with E-state index in [1.165, 1.54) is 69.8 Å². The van der Waals surface area contributed by atoms with Gasteiger partial charge in [-0.15, -0.1) is 0 Å². The zero-order chi connectivity index (χ0) is 27.8. The van der Waals surface area contributed by atoms with E-state index in [9.17, 15) is 4.79 Å². The van der Waals surface area contributed by atoms with E-state index in [0.717, 1.165) is 30.1 Å². The van der Waals surface area contributed by atoms with Gasteiger partial charge in [-0.05, 0) is 31.7 Å². The first-order valence-electron chi connectivity index (χ1n) is 15.2. The van der Waals surface area contributed by atoms with Crippen molar-refractivity contribution in [1.29, 1.82) is 0 Å². The monoisotopic (exact) mass is 520 g/mol. The van der Waals surface area contributed by atoms with Crippen LogP contribution in [0.1, 0.15) is 128 Å². The molecule has 2 heterocycles. The molecule has 0 unspecified atom stereocenters. The van der Waals surface area contributed by atoms with Gasteiger partial charge < -0.3 is 10.3 Å². The molecule has 0 spiro atoms. The molecule has 0 bridgehead atoms. The lowest BCUT2D eigenvalue weighted by atomic mass is 9.95. The Morgan fingerprint density at radius 3 is 2.26 bits per heavy atom. The Balaban J connectivity index is 0.000000327. The van der Waals surface area contributed by atoms with Crippen LogP contribution in [0.3, 0.4) is 0 Å². The van der Waals surface area contributed by atoms with E-state index in [1.54, 1.807) is 12.3 Å². The average Bonchev–Trinajstić information content (AvgIpc) is 3.39. The molecular formula is C33H52N4O. The van der Waals surface area contributed by atoms with Crippen molar-refractivity contribution in [3.8, 4) is 11.4 Å². The van der Waals surface area contributed by atoms with Crippen molar-refractivity contribution in [3.05, 3.63) is 47.7 Å². The van der Waals surface area contributed by atoms with E-state index < -0.39 is 0 Å². The lowest BCUT2D eigenvalue weighted by Crippen LogP contribution is -2.36. The van der Waals surface area contributed by atoms with Gasteiger partial charge in [-0.25, -0.2) is 9.97 Å². The van der Waals surface area contributed by atoms with Crippen LogP contribution in [-0.4, -0.2) is 26.9 Å². The number of aromatic nitrogens is 3. The number of carbonyl (C=O) groups is 1. The Bertz CT molecular complexity index is 1050. The zero-order valence-corrected chi connectivity index (χ0v) is 24.9. The maximum absolute atomic E-state index is 12.7. The highest BCUT2D eigenvalue weighted by Crippen LogP contribution is 2.23. The molecule has 38 heavy (non-hydrogen) atoms. The van der Waals surface area contributed by atoms with Crippen molar-refractivity contribution in [3.63, 3.8) is 0 Å². The lowest BCUT2D eigenvalue weighted by molar-refractivity contribution is 0.0929. The molecule has 4 rings (SSSR count). The second-order valence-electron chi connectivity index (χ2n) is 10.8. The molecule has 2 N–H and O–H groups in total. The minimum atomic E-state index is -0.0431. The summed E-state index contributed by atoms with van der Waals surface area (Å²) >= 11 is 0. The number of imidazole rings is 1. The zero-order valence-electron chi connectivity index (χ0n) is 24.9. The number of carbonyl (C=O) groups excluding carboxylic acids is 1. The summed E-state index contributed by atoms with van der Waals surface area (Å²) in [7, 11) is 0. The third-order valence-electron chi connectivity index (χ3n) is 7.40. The van der Waals surface area contributed by atoms with Crippen LogP contribution < -0.4 is 5.32 Å². The molecule has 0 saturated heterocycles. The molecule has 5 heteroatoms. The molecule has 1 aliphatic rings. The number of aromatic amines is 1. The number of unbranched alkanes of at least 4 members (excludes halogenated alkanes) is 3. The van der Waals surface area contributed by atoms with E-state index in [-0.39, 0.29) is 11.9 Å².